The Balaban J connectivity index is 1.96. The first-order valence-corrected chi connectivity index (χ1v) is 7.14. The van der Waals surface area contributed by atoms with Gasteiger partial charge in [0.2, 0.25) is 0 Å². The molecule has 1 saturated heterocycles. The standard InChI is InChI=1S/C15H24N4O/c1-11-5-6-14(18-16)13(8-11)15(20)17-9-12-4-3-7-19(2)10-12/h5-6,8,12,18H,3-4,7,9-10,16H2,1-2H3,(H,17,20). The van der Waals surface area contributed by atoms with E-state index >= 15 is 0 Å². The number of benzene rings is 1. The molecule has 5 nitrogen and oxygen atoms in total. The molecule has 1 aromatic carbocycles. The lowest BCUT2D eigenvalue weighted by atomic mass is 9.98. The van der Waals surface area contributed by atoms with Gasteiger partial charge in [-0.25, -0.2) is 0 Å². The maximum Gasteiger partial charge on any atom is 0.253 e. The van der Waals surface area contributed by atoms with Gasteiger partial charge in [-0.05, 0) is 51.4 Å². The van der Waals surface area contributed by atoms with Gasteiger partial charge >= 0.3 is 0 Å². The van der Waals surface area contributed by atoms with Gasteiger partial charge in [-0.15, -0.1) is 0 Å². The normalized spacial score (nSPS) is 19.6. The number of carbonyl (C=O) groups excluding carboxylic acids is 1. The molecule has 1 unspecified atom stereocenters. The Kier molecular flexibility index (Phi) is 4.98. The molecular weight excluding hydrogens is 252 g/mol. The summed E-state index contributed by atoms with van der Waals surface area (Å²) in [4.78, 5) is 14.6. The third-order valence-electron chi connectivity index (χ3n) is 3.85. The van der Waals surface area contributed by atoms with Crippen LogP contribution in [0.25, 0.3) is 0 Å². The van der Waals surface area contributed by atoms with Crippen LogP contribution in [-0.2, 0) is 0 Å². The number of hydrazine groups is 1. The summed E-state index contributed by atoms with van der Waals surface area (Å²) < 4.78 is 0. The molecule has 0 radical (unpaired) electrons. The molecule has 1 aliphatic heterocycles. The predicted molar refractivity (Wildman–Crippen MR) is 81.5 cm³/mol. The summed E-state index contributed by atoms with van der Waals surface area (Å²) in [5.74, 6) is 5.94. The number of hydrogen-bond donors (Lipinski definition) is 3. The molecule has 20 heavy (non-hydrogen) atoms. The van der Waals surface area contributed by atoms with Crippen molar-refractivity contribution < 1.29 is 4.79 Å². The number of nitrogens with one attached hydrogen (secondary N) is 2. The van der Waals surface area contributed by atoms with E-state index in [4.69, 9.17) is 5.84 Å². The van der Waals surface area contributed by atoms with Crippen molar-refractivity contribution in [3.05, 3.63) is 29.3 Å². The zero-order valence-electron chi connectivity index (χ0n) is 12.3. The fraction of sp³-hybridized carbons (Fsp3) is 0.533. The first kappa shape index (κ1) is 14.8. The average molecular weight is 276 g/mol. The number of nitrogen functional groups attached to an aromatic ring is 1. The van der Waals surface area contributed by atoms with Crippen LogP contribution >= 0.6 is 0 Å². The fourth-order valence-corrected chi connectivity index (χ4v) is 2.74. The first-order chi connectivity index (χ1) is 9.60. The van der Waals surface area contributed by atoms with Gasteiger partial charge in [-0.2, -0.15) is 0 Å². The summed E-state index contributed by atoms with van der Waals surface area (Å²) in [6.45, 7) is 4.90. The maximum atomic E-state index is 12.3. The molecule has 0 aromatic heterocycles. The van der Waals surface area contributed by atoms with Crippen LogP contribution in [-0.4, -0.2) is 37.5 Å². The van der Waals surface area contributed by atoms with Crippen molar-refractivity contribution in [2.24, 2.45) is 11.8 Å². The topological polar surface area (TPSA) is 70.4 Å². The summed E-state index contributed by atoms with van der Waals surface area (Å²) in [7, 11) is 2.13. The Morgan fingerprint density at radius 3 is 3.00 bits per heavy atom. The van der Waals surface area contributed by atoms with Gasteiger partial charge in [-0.1, -0.05) is 11.6 Å². The number of aryl methyl sites for hydroxylation is 1. The number of nitrogens with two attached hydrogens (primary N) is 1. The van der Waals surface area contributed by atoms with Crippen molar-refractivity contribution in [1.82, 2.24) is 10.2 Å². The maximum absolute atomic E-state index is 12.3. The largest absolute Gasteiger partial charge is 0.352 e. The second kappa shape index (κ2) is 6.72. The van der Waals surface area contributed by atoms with Gasteiger partial charge in [0.1, 0.15) is 0 Å². The van der Waals surface area contributed by atoms with E-state index in [-0.39, 0.29) is 5.91 Å². The van der Waals surface area contributed by atoms with Crippen LogP contribution in [0.1, 0.15) is 28.8 Å². The number of rotatable bonds is 4. The third kappa shape index (κ3) is 3.71. The van der Waals surface area contributed by atoms with E-state index < -0.39 is 0 Å². The summed E-state index contributed by atoms with van der Waals surface area (Å²) in [6, 6.07) is 5.62. The van der Waals surface area contributed by atoms with Gasteiger partial charge in [0.25, 0.3) is 5.91 Å². The molecule has 0 bridgehead atoms. The molecule has 0 saturated carbocycles. The van der Waals surface area contributed by atoms with Gasteiger partial charge in [0, 0.05) is 13.1 Å². The zero-order chi connectivity index (χ0) is 14.5. The van der Waals surface area contributed by atoms with E-state index in [1.807, 2.05) is 25.1 Å². The highest BCUT2D eigenvalue weighted by atomic mass is 16.1. The summed E-state index contributed by atoms with van der Waals surface area (Å²) in [5, 5.41) is 3.03. The Labute approximate surface area is 120 Å². The summed E-state index contributed by atoms with van der Waals surface area (Å²) in [5.41, 5.74) is 4.90. The number of anilines is 1. The van der Waals surface area contributed by atoms with Crippen molar-refractivity contribution in [2.75, 3.05) is 32.1 Å². The van der Waals surface area contributed by atoms with Gasteiger partial charge in [0.15, 0.2) is 0 Å². The van der Waals surface area contributed by atoms with Crippen LogP contribution in [0.4, 0.5) is 5.69 Å². The van der Waals surface area contributed by atoms with E-state index in [2.05, 4.69) is 22.7 Å². The smallest absolute Gasteiger partial charge is 0.253 e. The number of nitrogens with zero attached hydrogens (tertiary/aromatic N) is 1. The van der Waals surface area contributed by atoms with E-state index in [1.54, 1.807) is 0 Å². The van der Waals surface area contributed by atoms with Crippen LogP contribution in [0, 0.1) is 12.8 Å². The molecule has 1 amide bonds. The van der Waals surface area contributed by atoms with Crippen molar-refractivity contribution >= 4 is 11.6 Å². The summed E-state index contributed by atoms with van der Waals surface area (Å²) in [6.07, 6.45) is 2.39. The minimum absolute atomic E-state index is 0.0603. The van der Waals surface area contributed by atoms with Crippen LogP contribution in [0.5, 0.6) is 0 Å². The van der Waals surface area contributed by atoms with Gasteiger partial charge < -0.3 is 15.6 Å². The number of likely N-dealkylation sites (tertiary alicyclic amines) is 1. The van der Waals surface area contributed by atoms with Gasteiger partial charge in [-0.3, -0.25) is 10.6 Å². The summed E-state index contributed by atoms with van der Waals surface area (Å²) >= 11 is 0. The third-order valence-corrected chi connectivity index (χ3v) is 3.85. The van der Waals surface area contributed by atoms with Crippen molar-refractivity contribution in [2.45, 2.75) is 19.8 Å². The van der Waals surface area contributed by atoms with E-state index in [0.29, 0.717) is 17.2 Å². The molecule has 0 aliphatic carbocycles. The molecular formula is C15H24N4O. The molecule has 5 heteroatoms. The molecule has 4 N–H and O–H groups in total. The van der Waals surface area contributed by atoms with E-state index in [1.165, 1.54) is 12.8 Å². The number of piperidine rings is 1. The number of hydrogen-bond acceptors (Lipinski definition) is 4. The Bertz CT molecular complexity index is 475. The van der Waals surface area contributed by atoms with Crippen molar-refractivity contribution in [1.29, 1.82) is 0 Å². The van der Waals surface area contributed by atoms with Crippen molar-refractivity contribution in [3.63, 3.8) is 0 Å². The van der Waals surface area contributed by atoms with Crippen LogP contribution in [0.15, 0.2) is 18.2 Å². The van der Waals surface area contributed by atoms with E-state index in [0.717, 1.165) is 25.2 Å². The average Bonchev–Trinajstić information content (AvgIpc) is 2.45. The minimum atomic E-state index is -0.0603. The second-order valence-electron chi connectivity index (χ2n) is 5.67. The highest BCUT2D eigenvalue weighted by molar-refractivity contribution is 5.99. The van der Waals surface area contributed by atoms with Gasteiger partial charge in [0.05, 0.1) is 11.3 Å². The minimum Gasteiger partial charge on any atom is -0.352 e. The lowest BCUT2D eigenvalue weighted by Crippen LogP contribution is -2.39. The molecule has 1 aromatic rings. The molecule has 1 heterocycles. The molecule has 1 fully saturated rings. The second-order valence-corrected chi connectivity index (χ2v) is 5.67. The number of carbonyl (C=O) groups is 1. The lowest BCUT2D eigenvalue weighted by molar-refractivity contribution is 0.0937. The lowest BCUT2D eigenvalue weighted by Gasteiger charge is -2.29. The molecule has 2 rings (SSSR count). The monoisotopic (exact) mass is 276 g/mol. The molecule has 1 atom stereocenters. The van der Waals surface area contributed by atoms with Crippen LogP contribution < -0.4 is 16.6 Å². The molecule has 0 spiro atoms. The molecule has 110 valence electrons. The van der Waals surface area contributed by atoms with Crippen LogP contribution in [0.3, 0.4) is 0 Å². The quantitative estimate of drug-likeness (QED) is 0.573. The molecule has 1 aliphatic rings. The SMILES string of the molecule is Cc1ccc(NN)c(C(=O)NCC2CCCN(C)C2)c1. The van der Waals surface area contributed by atoms with Crippen molar-refractivity contribution in [3.8, 4) is 0 Å². The zero-order valence-corrected chi connectivity index (χ0v) is 12.3. The predicted octanol–water partition coefficient (Wildman–Crippen LogP) is 1.35. The Morgan fingerprint density at radius 2 is 2.30 bits per heavy atom. The highest BCUT2D eigenvalue weighted by Crippen LogP contribution is 2.17. The Hall–Kier alpha value is -1.59. The first-order valence-electron chi connectivity index (χ1n) is 7.14. The van der Waals surface area contributed by atoms with E-state index in [9.17, 15) is 4.79 Å². The number of amides is 1. The highest BCUT2D eigenvalue weighted by Gasteiger charge is 2.18. The fourth-order valence-electron chi connectivity index (χ4n) is 2.74. The Morgan fingerprint density at radius 1 is 1.50 bits per heavy atom. The van der Waals surface area contributed by atoms with Crippen LogP contribution in [0.2, 0.25) is 0 Å².